The molecule has 2 rings (SSSR count). The van der Waals surface area contributed by atoms with Gasteiger partial charge in [0.1, 0.15) is 6.04 Å². The molecule has 1 aliphatic rings. The molecule has 28 heavy (non-hydrogen) atoms. The van der Waals surface area contributed by atoms with Crippen molar-refractivity contribution in [3.05, 3.63) is 35.4 Å². The first-order valence-corrected chi connectivity index (χ1v) is 10.1. The third kappa shape index (κ3) is 5.77. The van der Waals surface area contributed by atoms with E-state index in [0.717, 1.165) is 12.0 Å². The fraction of sp³-hybridized carbons (Fsp3) is 0.429. The summed E-state index contributed by atoms with van der Waals surface area (Å²) in [7, 11) is 0. The summed E-state index contributed by atoms with van der Waals surface area (Å²) in [5, 5.41) is 20.6. The molecule has 6 nitrogen and oxygen atoms in total. The molecule has 1 saturated carbocycles. The fourth-order valence-corrected chi connectivity index (χ4v) is 2.92. The second-order valence-corrected chi connectivity index (χ2v) is 8.53. The van der Waals surface area contributed by atoms with E-state index in [2.05, 4.69) is 29.0 Å². The number of aliphatic hydroxyl groups is 1. The van der Waals surface area contributed by atoms with Crippen molar-refractivity contribution < 1.29 is 19.9 Å². The molecule has 1 fully saturated rings. The van der Waals surface area contributed by atoms with Crippen molar-refractivity contribution in [1.29, 1.82) is 0 Å². The number of benzene rings is 1. The van der Waals surface area contributed by atoms with Crippen molar-refractivity contribution in [2.45, 2.75) is 31.1 Å². The zero-order chi connectivity index (χ0) is 20.7. The van der Waals surface area contributed by atoms with Crippen LogP contribution in [0, 0.1) is 35.5 Å². The lowest BCUT2D eigenvalue weighted by atomic mass is 10.0. The second-order valence-electron chi connectivity index (χ2n) is 7.07. The monoisotopic (exact) mass is 400 g/mol. The zero-order valence-corrected chi connectivity index (χ0v) is 16.9. The van der Waals surface area contributed by atoms with Crippen LogP contribution >= 0.6 is 11.8 Å². The Morgan fingerprint density at radius 1 is 1.29 bits per heavy atom. The molecule has 7 heteroatoms. The number of aliphatic hydroxyl groups excluding tert-OH is 1. The first-order chi connectivity index (χ1) is 13.3. The number of nitrogens with one attached hydrogen (secondary N) is 2. The highest BCUT2D eigenvalue weighted by Gasteiger charge is 2.36. The Morgan fingerprint density at radius 2 is 1.96 bits per heavy atom. The molecular formula is C21H24N2O4S. The Kier molecular flexibility index (Phi) is 7.53. The van der Waals surface area contributed by atoms with Crippen molar-refractivity contribution >= 4 is 23.6 Å². The lowest BCUT2D eigenvalue weighted by Crippen LogP contribution is -2.55. The molecule has 1 aromatic rings. The first-order valence-electron chi connectivity index (χ1n) is 8.84. The van der Waals surface area contributed by atoms with Crippen LogP contribution in [0.5, 0.6) is 0 Å². The summed E-state index contributed by atoms with van der Waals surface area (Å²) >= 11 is 1.41. The predicted molar refractivity (Wildman–Crippen MR) is 109 cm³/mol. The SMILES string of the molecule is CSC(C)(C)C(NC(=O)c1ccc(C#CC#CC2CC2CO)cc1)C(=O)NO. The van der Waals surface area contributed by atoms with E-state index in [1.165, 1.54) is 11.8 Å². The largest absolute Gasteiger partial charge is 0.396 e. The van der Waals surface area contributed by atoms with Gasteiger partial charge in [0.25, 0.3) is 11.8 Å². The molecule has 148 valence electrons. The van der Waals surface area contributed by atoms with E-state index < -0.39 is 22.6 Å². The smallest absolute Gasteiger partial charge is 0.267 e. The van der Waals surface area contributed by atoms with E-state index in [1.54, 1.807) is 29.7 Å². The number of carbonyl (C=O) groups is 2. The van der Waals surface area contributed by atoms with Gasteiger partial charge >= 0.3 is 0 Å². The number of rotatable bonds is 6. The van der Waals surface area contributed by atoms with Crippen LogP contribution in [-0.4, -0.2) is 45.8 Å². The Morgan fingerprint density at radius 3 is 2.50 bits per heavy atom. The van der Waals surface area contributed by atoms with Crippen molar-refractivity contribution in [3.63, 3.8) is 0 Å². The molecule has 1 aromatic carbocycles. The normalized spacial score (nSPS) is 18.6. The van der Waals surface area contributed by atoms with E-state index in [9.17, 15) is 9.59 Å². The standard InChI is InChI=1S/C21H24N2O4S/c1-21(2,28-3)18(20(26)23-27)22-19(25)15-10-8-14(9-11-15)6-4-5-7-16-12-17(16)13-24/h8-11,16-18,24,27H,12-13H2,1-3H3,(H,22,25)(H,23,26). The third-order valence-corrected chi connectivity index (χ3v) is 5.99. The molecule has 0 spiro atoms. The summed E-state index contributed by atoms with van der Waals surface area (Å²) in [4.78, 5) is 24.4. The van der Waals surface area contributed by atoms with Gasteiger partial charge in [-0.3, -0.25) is 14.8 Å². The van der Waals surface area contributed by atoms with Crippen LogP contribution in [0.3, 0.4) is 0 Å². The van der Waals surface area contributed by atoms with Crippen molar-refractivity contribution in [2.24, 2.45) is 11.8 Å². The maximum Gasteiger partial charge on any atom is 0.267 e. The Balaban J connectivity index is 2.02. The van der Waals surface area contributed by atoms with Gasteiger partial charge in [-0.15, -0.1) is 0 Å². The average Bonchev–Trinajstić information content (AvgIpc) is 3.47. The molecule has 3 atom stereocenters. The average molecular weight is 401 g/mol. The van der Waals surface area contributed by atoms with Crippen LogP contribution < -0.4 is 10.8 Å². The summed E-state index contributed by atoms with van der Waals surface area (Å²) < 4.78 is -0.608. The van der Waals surface area contributed by atoms with E-state index in [4.69, 9.17) is 10.3 Å². The Hall–Kier alpha value is -2.45. The highest BCUT2D eigenvalue weighted by atomic mass is 32.2. The van der Waals surface area contributed by atoms with Gasteiger partial charge in [-0.05, 0) is 68.5 Å². The van der Waals surface area contributed by atoms with Crippen LogP contribution in [0.25, 0.3) is 0 Å². The van der Waals surface area contributed by atoms with Crippen molar-refractivity contribution in [2.75, 3.05) is 12.9 Å². The number of hydrogen-bond donors (Lipinski definition) is 4. The predicted octanol–water partition coefficient (Wildman–Crippen LogP) is 1.42. The van der Waals surface area contributed by atoms with Crippen LogP contribution in [0.1, 0.15) is 36.2 Å². The van der Waals surface area contributed by atoms with E-state index in [0.29, 0.717) is 11.5 Å². The van der Waals surface area contributed by atoms with Gasteiger partial charge in [0.2, 0.25) is 0 Å². The van der Waals surface area contributed by atoms with Gasteiger partial charge < -0.3 is 10.4 Å². The maximum atomic E-state index is 12.5. The molecule has 2 amide bonds. The second kappa shape index (κ2) is 9.66. The minimum absolute atomic E-state index is 0.172. The molecule has 0 aliphatic heterocycles. The maximum absolute atomic E-state index is 12.5. The topological polar surface area (TPSA) is 98.7 Å². The van der Waals surface area contributed by atoms with Gasteiger partial charge in [0, 0.05) is 28.4 Å². The number of hydroxylamine groups is 1. The molecule has 1 aliphatic carbocycles. The summed E-state index contributed by atoms with van der Waals surface area (Å²) in [5.74, 6) is 10.9. The molecule has 0 heterocycles. The van der Waals surface area contributed by atoms with Crippen LogP contribution in [0.15, 0.2) is 24.3 Å². The molecule has 0 radical (unpaired) electrons. The van der Waals surface area contributed by atoms with E-state index in [-0.39, 0.29) is 12.5 Å². The lowest BCUT2D eigenvalue weighted by molar-refractivity contribution is -0.131. The first kappa shape index (κ1) is 21.8. The molecule has 3 unspecified atom stereocenters. The quantitative estimate of drug-likeness (QED) is 0.329. The lowest BCUT2D eigenvalue weighted by Gasteiger charge is -2.31. The van der Waals surface area contributed by atoms with Crippen LogP contribution in [-0.2, 0) is 4.79 Å². The van der Waals surface area contributed by atoms with Crippen LogP contribution in [0.4, 0.5) is 0 Å². The van der Waals surface area contributed by atoms with Gasteiger partial charge in [-0.2, -0.15) is 11.8 Å². The summed E-state index contributed by atoms with van der Waals surface area (Å²) in [6.07, 6.45) is 2.75. The van der Waals surface area contributed by atoms with E-state index >= 15 is 0 Å². The van der Waals surface area contributed by atoms with Crippen LogP contribution in [0.2, 0.25) is 0 Å². The number of carbonyl (C=O) groups excluding carboxylic acids is 2. The van der Waals surface area contributed by atoms with Gasteiger partial charge in [0.05, 0.1) is 0 Å². The van der Waals surface area contributed by atoms with Crippen molar-refractivity contribution in [3.8, 4) is 23.7 Å². The number of amides is 2. The molecule has 0 saturated heterocycles. The van der Waals surface area contributed by atoms with Gasteiger partial charge in [-0.25, -0.2) is 5.48 Å². The zero-order valence-electron chi connectivity index (χ0n) is 16.1. The summed E-state index contributed by atoms with van der Waals surface area (Å²) in [6.45, 7) is 3.79. The Labute approximate surface area is 169 Å². The Bertz CT molecular complexity index is 843. The van der Waals surface area contributed by atoms with Crippen molar-refractivity contribution in [1.82, 2.24) is 10.8 Å². The number of hydrogen-bond acceptors (Lipinski definition) is 5. The van der Waals surface area contributed by atoms with Gasteiger partial charge in [-0.1, -0.05) is 11.8 Å². The third-order valence-electron chi connectivity index (χ3n) is 4.70. The molecular weight excluding hydrogens is 376 g/mol. The minimum Gasteiger partial charge on any atom is -0.396 e. The molecule has 0 bridgehead atoms. The van der Waals surface area contributed by atoms with Gasteiger partial charge in [0.15, 0.2) is 0 Å². The summed E-state index contributed by atoms with van der Waals surface area (Å²) in [6, 6.07) is 5.75. The highest BCUT2D eigenvalue weighted by molar-refractivity contribution is 8.00. The highest BCUT2D eigenvalue weighted by Crippen LogP contribution is 2.36. The molecule has 4 N–H and O–H groups in total. The minimum atomic E-state index is -0.903. The van der Waals surface area contributed by atoms with E-state index in [1.807, 2.05) is 20.1 Å². The fourth-order valence-electron chi connectivity index (χ4n) is 2.52. The summed E-state index contributed by atoms with van der Waals surface area (Å²) in [5.41, 5.74) is 2.71. The molecule has 0 aromatic heterocycles. The number of thioether (sulfide) groups is 1.